The SMILES string of the molecule is CC(C)[C@H]1COCCCCOC[C@@H](CC(=O)C[C@@H](Cc2ccc(N)nc2)C(=O)O)C(=O)N1. The zero-order valence-electron chi connectivity index (χ0n) is 18.9. The van der Waals surface area contributed by atoms with Crippen LogP contribution in [0.3, 0.4) is 0 Å². The molecule has 0 unspecified atom stereocenters. The van der Waals surface area contributed by atoms with E-state index in [1.165, 1.54) is 6.20 Å². The normalized spacial score (nSPS) is 21.8. The van der Waals surface area contributed by atoms with Gasteiger partial charge in [0.1, 0.15) is 11.6 Å². The van der Waals surface area contributed by atoms with Crippen molar-refractivity contribution in [1.82, 2.24) is 10.3 Å². The van der Waals surface area contributed by atoms with Gasteiger partial charge in [0, 0.05) is 32.3 Å². The standard InChI is InChI=1S/C23H35N3O6/c1-15(2)20-14-32-8-4-3-7-31-13-18(22(28)26-20)11-19(27)10-17(23(29)30)9-16-5-6-21(24)25-12-16/h5-6,12,15,17-18,20H,3-4,7-11,13-14H2,1-2H3,(H2,24,25)(H,26,28)(H,29,30)/t17-,18-,20-/m1/s1. The number of nitrogens with one attached hydrogen (secondary N) is 1. The number of hydrogen-bond donors (Lipinski definition) is 3. The predicted octanol–water partition coefficient (Wildman–Crippen LogP) is 1.84. The summed E-state index contributed by atoms with van der Waals surface area (Å²) < 4.78 is 11.3. The zero-order valence-corrected chi connectivity index (χ0v) is 18.9. The molecule has 9 heteroatoms. The third-order valence-corrected chi connectivity index (χ3v) is 5.57. The van der Waals surface area contributed by atoms with Crippen molar-refractivity contribution >= 4 is 23.5 Å². The summed E-state index contributed by atoms with van der Waals surface area (Å²) in [7, 11) is 0. The number of carbonyl (C=O) groups excluding carboxylic acids is 2. The van der Waals surface area contributed by atoms with Crippen LogP contribution in [0.25, 0.3) is 0 Å². The number of anilines is 1. The first-order chi connectivity index (χ1) is 15.3. The highest BCUT2D eigenvalue weighted by Gasteiger charge is 2.29. The third kappa shape index (κ3) is 8.92. The Morgan fingerprint density at radius 1 is 1.22 bits per heavy atom. The Labute approximate surface area is 189 Å². The number of nitrogen functional groups attached to an aromatic ring is 1. The number of carboxylic acids is 1. The lowest BCUT2D eigenvalue weighted by Crippen LogP contribution is -2.46. The van der Waals surface area contributed by atoms with Crippen LogP contribution < -0.4 is 11.1 Å². The fourth-order valence-electron chi connectivity index (χ4n) is 3.49. The summed E-state index contributed by atoms with van der Waals surface area (Å²) in [5, 5.41) is 12.6. The fourth-order valence-corrected chi connectivity index (χ4v) is 3.49. The number of carboxylic acid groups (broad SMARTS) is 1. The first-order valence-electron chi connectivity index (χ1n) is 11.2. The lowest BCUT2D eigenvalue weighted by atomic mass is 9.91. The van der Waals surface area contributed by atoms with Gasteiger partial charge in [-0.15, -0.1) is 0 Å². The number of pyridine rings is 1. The van der Waals surface area contributed by atoms with Crippen LogP contribution in [0.2, 0.25) is 0 Å². The summed E-state index contributed by atoms with van der Waals surface area (Å²) in [6.07, 6.45) is 3.11. The second-order valence-electron chi connectivity index (χ2n) is 8.69. The topological polar surface area (TPSA) is 141 Å². The monoisotopic (exact) mass is 449 g/mol. The van der Waals surface area contributed by atoms with E-state index in [1.54, 1.807) is 12.1 Å². The molecule has 1 amide bonds. The number of aromatic nitrogens is 1. The average molecular weight is 450 g/mol. The van der Waals surface area contributed by atoms with Gasteiger partial charge in [0.05, 0.1) is 31.1 Å². The number of ketones is 1. The Hall–Kier alpha value is -2.52. The maximum absolute atomic E-state index is 12.9. The second kappa shape index (κ2) is 13.1. The van der Waals surface area contributed by atoms with E-state index in [9.17, 15) is 19.5 Å². The van der Waals surface area contributed by atoms with Gasteiger partial charge in [-0.1, -0.05) is 19.9 Å². The summed E-state index contributed by atoms with van der Waals surface area (Å²) in [5.74, 6) is -2.67. The van der Waals surface area contributed by atoms with E-state index >= 15 is 0 Å². The number of aliphatic carboxylic acids is 1. The van der Waals surface area contributed by atoms with Crippen molar-refractivity contribution in [2.75, 3.05) is 32.2 Å². The van der Waals surface area contributed by atoms with Gasteiger partial charge in [-0.05, 0) is 36.8 Å². The van der Waals surface area contributed by atoms with Gasteiger partial charge in [0.15, 0.2) is 0 Å². The Bertz CT molecular complexity index is 753. The van der Waals surface area contributed by atoms with Crippen molar-refractivity contribution < 1.29 is 29.0 Å². The minimum Gasteiger partial charge on any atom is -0.481 e. The maximum Gasteiger partial charge on any atom is 0.307 e. The van der Waals surface area contributed by atoms with Crippen molar-refractivity contribution in [2.24, 2.45) is 17.8 Å². The first kappa shape index (κ1) is 25.7. The Morgan fingerprint density at radius 2 is 1.91 bits per heavy atom. The van der Waals surface area contributed by atoms with Gasteiger partial charge in [0.2, 0.25) is 5.91 Å². The molecule has 1 aromatic rings. The van der Waals surface area contributed by atoms with Crippen molar-refractivity contribution in [2.45, 2.75) is 52.0 Å². The summed E-state index contributed by atoms with van der Waals surface area (Å²) in [5.41, 5.74) is 6.25. The molecule has 1 aliphatic heterocycles. The molecule has 2 heterocycles. The molecule has 0 spiro atoms. The number of rotatable bonds is 8. The van der Waals surface area contributed by atoms with Crippen LogP contribution in [-0.4, -0.2) is 60.2 Å². The number of nitrogens with zero attached hydrogens (tertiary/aromatic N) is 1. The summed E-state index contributed by atoms with van der Waals surface area (Å²) >= 11 is 0. The van der Waals surface area contributed by atoms with Gasteiger partial charge in [-0.2, -0.15) is 0 Å². The molecular weight excluding hydrogens is 414 g/mol. The van der Waals surface area contributed by atoms with Crippen molar-refractivity contribution in [3.05, 3.63) is 23.9 Å². The second-order valence-corrected chi connectivity index (χ2v) is 8.69. The Kier molecular flexibility index (Phi) is 10.6. The highest BCUT2D eigenvalue weighted by atomic mass is 16.5. The fraction of sp³-hybridized carbons (Fsp3) is 0.652. The molecule has 0 radical (unpaired) electrons. The highest BCUT2D eigenvalue weighted by Crippen LogP contribution is 2.18. The smallest absolute Gasteiger partial charge is 0.307 e. The molecule has 0 saturated carbocycles. The van der Waals surface area contributed by atoms with E-state index in [2.05, 4.69) is 10.3 Å². The molecule has 0 aromatic carbocycles. The molecule has 4 N–H and O–H groups in total. The molecule has 0 bridgehead atoms. The summed E-state index contributed by atoms with van der Waals surface area (Å²) in [4.78, 5) is 41.3. The molecule has 1 fully saturated rings. The van der Waals surface area contributed by atoms with Gasteiger partial charge in [-0.25, -0.2) is 4.98 Å². The van der Waals surface area contributed by atoms with Crippen molar-refractivity contribution in [1.29, 1.82) is 0 Å². The lowest BCUT2D eigenvalue weighted by Gasteiger charge is -2.26. The number of amides is 1. The van der Waals surface area contributed by atoms with E-state index < -0.39 is 17.8 Å². The Balaban J connectivity index is 2.02. The molecule has 2 rings (SSSR count). The van der Waals surface area contributed by atoms with E-state index in [4.69, 9.17) is 15.2 Å². The quantitative estimate of drug-likeness (QED) is 0.546. The largest absolute Gasteiger partial charge is 0.481 e. The minimum atomic E-state index is -1.06. The van der Waals surface area contributed by atoms with Crippen LogP contribution in [0, 0.1) is 17.8 Å². The van der Waals surface area contributed by atoms with E-state index in [0.717, 1.165) is 12.8 Å². The van der Waals surface area contributed by atoms with E-state index in [0.29, 0.717) is 31.2 Å². The van der Waals surface area contributed by atoms with Crippen LogP contribution in [0.5, 0.6) is 0 Å². The summed E-state index contributed by atoms with van der Waals surface area (Å²) in [6, 6.07) is 3.13. The highest BCUT2D eigenvalue weighted by molar-refractivity contribution is 5.89. The van der Waals surface area contributed by atoms with Crippen LogP contribution in [0.15, 0.2) is 18.3 Å². The molecule has 32 heavy (non-hydrogen) atoms. The zero-order chi connectivity index (χ0) is 23.5. The molecule has 178 valence electrons. The van der Waals surface area contributed by atoms with Crippen LogP contribution in [0.4, 0.5) is 5.82 Å². The van der Waals surface area contributed by atoms with Crippen molar-refractivity contribution in [3.8, 4) is 0 Å². The third-order valence-electron chi connectivity index (χ3n) is 5.57. The van der Waals surface area contributed by atoms with Crippen LogP contribution >= 0.6 is 0 Å². The number of hydrogen-bond acceptors (Lipinski definition) is 7. The number of carbonyl (C=O) groups is 3. The van der Waals surface area contributed by atoms with E-state index in [-0.39, 0.29) is 49.5 Å². The number of nitrogens with two attached hydrogens (primary N) is 1. The molecule has 9 nitrogen and oxygen atoms in total. The van der Waals surface area contributed by atoms with Crippen molar-refractivity contribution in [3.63, 3.8) is 0 Å². The first-order valence-corrected chi connectivity index (χ1v) is 11.2. The van der Waals surface area contributed by atoms with E-state index in [1.807, 2.05) is 13.8 Å². The van der Waals surface area contributed by atoms with Gasteiger partial charge < -0.3 is 25.6 Å². The molecular formula is C23H35N3O6. The van der Waals surface area contributed by atoms with Gasteiger partial charge >= 0.3 is 5.97 Å². The van der Waals surface area contributed by atoms with Crippen LogP contribution in [-0.2, 0) is 30.3 Å². The number of Topliss-reactive ketones (excluding diaryl/α,β-unsaturated/α-hetero) is 1. The molecule has 1 aliphatic rings. The predicted molar refractivity (Wildman–Crippen MR) is 119 cm³/mol. The van der Waals surface area contributed by atoms with Crippen LogP contribution in [0.1, 0.15) is 45.1 Å². The number of ether oxygens (including phenoxy) is 2. The molecule has 0 aliphatic carbocycles. The average Bonchev–Trinajstić information content (AvgIpc) is 2.73. The summed E-state index contributed by atoms with van der Waals surface area (Å²) in [6.45, 7) is 5.65. The Morgan fingerprint density at radius 3 is 2.50 bits per heavy atom. The minimum absolute atomic E-state index is 0.0682. The maximum atomic E-state index is 12.9. The van der Waals surface area contributed by atoms with Gasteiger partial charge in [0.25, 0.3) is 0 Å². The van der Waals surface area contributed by atoms with Gasteiger partial charge in [-0.3, -0.25) is 14.4 Å². The molecule has 1 aromatic heterocycles. The molecule has 3 atom stereocenters. The molecule has 1 saturated heterocycles. The lowest BCUT2D eigenvalue weighted by molar-refractivity contribution is -0.144.